The van der Waals surface area contributed by atoms with Gasteiger partial charge >= 0.3 is 0 Å². The van der Waals surface area contributed by atoms with Crippen LogP contribution in [0.2, 0.25) is 0 Å². The maximum atomic E-state index is 6.38. The van der Waals surface area contributed by atoms with Gasteiger partial charge in [-0.2, -0.15) is 0 Å². The van der Waals surface area contributed by atoms with Crippen LogP contribution in [0.15, 0.2) is 42.9 Å². The molecular weight excluding hydrogens is 286 g/mol. The molecule has 0 spiro atoms. The SMILES string of the molecule is CCn1cncc1CN1C[C@@H](c2ccccc2)O[C@@H](C(C)C)C1. The van der Waals surface area contributed by atoms with E-state index in [4.69, 9.17) is 4.74 Å². The maximum absolute atomic E-state index is 6.38. The van der Waals surface area contributed by atoms with Gasteiger partial charge in [-0.25, -0.2) is 4.98 Å². The van der Waals surface area contributed by atoms with Gasteiger partial charge in [-0.3, -0.25) is 4.90 Å². The number of rotatable bonds is 5. The Kier molecular flexibility index (Phi) is 5.13. The molecule has 1 aliphatic rings. The van der Waals surface area contributed by atoms with E-state index >= 15 is 0 Å². The molecule has 1 aliphatic heterocycles. The van der Waals surface area contributed by atoms with E-state index in [0.29, 0.717) is 5.92 Å². The van der Waals surface area contributed by atoms with Crippen molar-refractivity contribution in [1.29, 1.82) is 0 Å². The van der Waals surface area contributed by atoms with E-state index in [1.807, 2.05) is 12.5 Å². The van der Waals surface area contributed by atoms with E-state index in [1.165, 1.54) is 11.3 Å². The lowest BCUT2D eigenvalue weighted by Gasteiger charge is -2.40. The third kappa shape index (κ3) is 3.82. The summed E-state index contributed by atoms with van der Waals surface area (Å²) in [5, 5.41) is 0. The normalized spacial score (nSPS) is 22.6. The van der Waals surface area contributed by atoms with Gasteiger partial charge in [0.15, 0.2) is 0 Å². The van der Waals surface area contributed by atoms with Crippen molar-refractivity contribution >= 4 is 0 Å². The number of aromatic nitrogens is 2. The van der Waals surface area contributed by atoms with Crippen LogP contribution in [0.4, 0.5) is 0 Å². The second-order valence-corrected chi connectivity index (χ2v) is 6.68. The largest absolute Gasteiger partial charge is 0.367 e. The molecule has 0 radical (unpaired) electrons. The number of imidazole rings is 1. The second-order valence-electron chi connectivity index (χ2n) is 6.68. The van der Waals surface area contributed by atoms with Gasteiger partial charge in [-0.15, -0.1) is 0 Å². The number of aryl methyl sites for hydroxylation is 1. The van der Waals surface area contributed by atoms with E-state index in [0.717, 1.165) is 26.2 Å². The van der Waals surface area contributed by atoms with Crippen LogP contribution in [0, 0.1) is 5.92 Å². The lowest BCUT2D eigenvalue weighted by molar-refractivity contribution is -0.108. The number of morpholine rings is 1. The lowest BCUT2D eigenvalue weighted by atomic mass is 10.0. The monoisotopic (exact) mass is 313 g/mol. The van der Waals surface area contributed by atoms with Crippen LogP contribution < -0.4 is 0 Å². The van der Waals surface area contributed by atoms with Crippen molar-refractivity contribution in [2.75, 3.05) is 13.1 Å². The van der Waals surface area contributed by atoms with E-state index in [-0.39, 0.29) is 12.2 Å². The van der Waals surface area contributed by atoms with Crippen molar-refractivity contribution < 1.29 is 4.74 Å². The first-order valence-electron chi connectivity index (χ1n) is 8.59. The first-order valence-corrected chi connectivity index (χ1v) is 8.59. The molecule has 0 saturated carbocycles. The molecule has 2 heterocycles. The molecule has 1 fully saturated rings. The Morgan fingerprint density at radius 2 is 2.00 bits per heavy atom. The number of nitrogens with zero attached hydrogens (tertiary/aromatic N) is 3. The zero-order valence-corrected chi connectivity index (χ0v) is 14.4. The number of benzene rings is 1. The minimum atomic E-state index is 0.148. The molecule has 2 atom stereocenters. The Morgan fingerprint density at radius 3 is 2.70 bits per heavy atom. The predicted molar refractivity (Wildman–Crippen MR) is 92.1 cm³/mol. The Bertz CT molecular complexity index is 608. The average molecular weight is 313 g/mol. The van der Waals surface area contributed by atoms with Crippen LogP contribution in [0.25, 0.3) is 0 Å². The van der Waals surface area contributed by atoms with E-state index in [2.05, 4.69) is 65.6 Å². The van der Waals surface area contributed by atoms with Gasteiger partial charge in [0.25, 0.3) is 0 Å². The summed E-state index contributed by atoms with van der Waals surface area (Å²) in [6, 6.07) is 10.6. The highest BCUT2D eigenvalue weighted by molar-refractivity contribution is 5.18. The molecule has 0 bridgehead atoms. The summed E-state index contributed by atoms with van der Waals surface area (Å²) in [5.41, 5.74) is 2.55. The highest BCUT2D eigenvalue weighted by atomic mass is 16.5. The van der Waals surface area contributed by atoms with Crippen molar-refractivity contribution in [3.63, 3.8) is 0 Å². The van der Waals surface area contributed by atoms with Crippen molar-refractivity contribution in [1.82, 2.24) is 14.5 Å². The van der Waals surface area contributed by atoms with Gasteiger partial charge in [0.1, 0.15) is 0 Å². The van der Waals surface area contributed by atoms with Gasteiger partial charge in [0, 0.05) is 32.4 Å². The molecular formula is C19H27N3O. The van der Waals surface area contributed by atoms with Crippen LogP contribution in [0.1, 0.15) is 38.1 Å². The Balaban J connectivity index is 1.77. The van der Waals surface area contributed by atoms with Gasteiger partial charge < -0.3 is 9.30 Å². The standard InChI is InChI=1S/C19H27N3O/c1-4-22-14-20-10-17(22)11-21-12-18(15(2)3)23-19(13-21)16-8-6-5-7-9-16/h5-10,14-15,18-19H,4,11-13H2,1-3H3/t18-,19+/m1/s1. The van der Waals surface area contributed by atoms with Gasteiger partial charge in [0.2, 0.25) is 0 Å². The molecule has 2 aromatic rings. The summed E-state index contributed by atoms with van der Waals surface area (Å²) in [5.74, 6) is 0.514. The Hall–Kier alpha value is -1.65. The van der Waals surface area contributed by atoms with Crippen LogP contribution in [0.5, 0.6) is 0 Å². The molecule has 1 aromatic heterocycles. The molecule has 0 amide bonds. The van der Waals surface area contributed by atoms with Crippen molar-refractivity contribution in [3.8, 4) is 0 Å². The van der Waals surface area contributed by atoms with Crippen LogP contribution in [-0.2, 0) is 17.8 Å². The molecule has 3 rings (SSSR count). The molecule has 0 unspecified atom stereocenters. The highest BCUT2D eigenvalue weighted by Crippen LogP contribution is 2.28. The number of ether oxygens (including phenoxy) is 1. The Morgan fingerprint density at radius 1 is 1.22 bits per heavy atom. The first kappa shape index (κ1) is 16.2. The topological polar surface area (TPSA) is 30.3 Å². The molecule has 1 aromatic carbocycles. The first-order chi connectivity index (χ1) is 11.2. The molecule has 0 aliphatic carbocycles. The van der Waals surface area contributed by atoms with Gasteiger partial charge in [-0.05, 0) is 18.4 Å². The van der Waals surface area contributed by atoms with Crippen LogP contribution >= 0.6 is 0 Å². The fourth-order valence-corrected chi connectivity index (χ4v) is 3.20. The van der Waals surface area contributed by atoms with Gasteiger partial charge in [-0.1, -0.05) is 44.2 Å². The summed E-state index contributed by atoms with van der Waals surface area (Å²) >= 11 is 0. The second kappa shape index (κ2) is 7.28. The quantitative estimate of drug-likeness (QED) is 0.846. The molecule has 4 heteroatoms. The highest BCUT2D eigenvalue weighted by Gasteiger charge is 2.30. The van der Waals surface area contributed by atoms with E-state index < -0.39 is 0 Å². The predicted octanol–water partition coefficient (Wildman–Crippen LogP) is 3.50. The summed E-state index contributed by atoms with van der Waals surface area (Å²) in [7, 11) is 0. The van der Waals surface area contributed by atoms with E-state index in [9.17, 15) is 0 Å². The van der Waals surface area contributed by atoms with Crippen LogP contribution in [-0.4, -0.2) is 33.6 Å². The molecule has 23 heavy (non-hydrogen) atoms. The third-order valence-corrected chi connectivity index (χ3v) is 4.64. The fraction of sp³-hybridized carbons (Fsp3) is 0.526. The summed E-state index contributed by atoms with van der Waals surface area (Å²) in [6.07, 6.45) is 4.33. The Labute approximate surface area is 139 Å². The lowest BCUT2D eigenvalue weighted by Crippen LogP contribution is -2.45. The molecule has 0 N–H and O–H groups in total. The molecule has 124 valence electrons. The smallest absolute Gasteiger partial charge is 0.0956 e. The van der Waals surface area contributed by atoms with E-state index in [1.54, 1.807) is 0 Å². The zero-order valence-electron chi connectivity index (χ0n) is 14.4. The minimum Gasteiger partial charge on any atom is -0.367 e. The maximum Gasteiger partial charge on any atom is 0.0956 e. The van der Waals surface area contributed by atoms with Crippen molar-refractivity contribution in [3.05, 3.63) is 54.1 Å². The summed E-state index contributed by atoms with van der Waals surface area (Å²) in [4.78, 5) is 6.80. The van der Waals surface area contributed by atoms with Crippen LogP contribution in [0.3, 0.4) is 0 Å². The zero-order chi connectivity index (χ0) is 16.2. The molecule has 1 saturated heterocycles. The number of hydrogen-bond acceptors (Lipinski definition) is 3. The number of hydrogen-bond donors (Lipinski definition) is 0. The molecule has 4 nitrogen and oxygen atoms in total. The summed E-state index contributed by atoms with van der Waals surface area (Å²) in [6.45, 7) is 10.5. The van der Waals surface area contributed by atoms with Crippen molar-refractivity contribution in [2.45, 2.75) is 46.1 Å². The average Bonchev–Trinajstić information content (AvgIpc) is 3.02. The third-order valence-electron chi connectivity index (χ3n) is 4.64. The summed E-state index contributed by atoms with van der Waals surface area (Å²) < 4.78 is 8.60. The minimum absolute atomic E-state index is 0.148. The van der Waals surface area contributed by atoms with Gasteiger partial charge in [0.05, 0.1) is 24.2 Å². The van der Waals surface area contributed by atoms with Crippen molar-refractivity contribution in [2.24, 2.45) is 5.92 Å². The fourth-order valence-electron chi connectivity index (χ4n) is 3.20.